The van der Waals surface area contributed by atoms with Gasteiger partial charge in [0.1, 0.15) is 4.88 Å². The summed E-state index contributed by atoms with van der Waals surface area (Å²) < 4.78 is 45.3. The molecule has 2 aromatic carbocycles. The molecule has 1 unspecified atom stereocenters. The van der Waals surface area contributed by atoms with Crippen LogP contribution in [0.3, 0.4) is 0 Å². The Kier molecular flexibility index (Phi) is 5.27. The lowest BCUT2D eigenvalue weighted by Crippen LogP contribution is -2.47. The molecule has 0 aliphatic heterocycles. The summed E-state index contributed by atoms with van der Waals surface area (Å²) in [5, 5.41) is 2.32. The van der Waals surface area contributed by atoms with Crippen molar-refractivity contribution in [2.45, 2.75) is 38.3 Å². The largest absolute Gasteiger partial charge is 0.462 e. The van der Waals surface area contributed by atoms with E-state index in [1.165, 1.54) is 18.1 Å². The van der Waals surface area contributed by atoms with Gasteiger partial charge in [-0.05, 0) is 42.5 Å². The highest BCUT2D eigenvalue weighted by atomic mass is 32.1. The Labute approximate surface area is 198 Å². The monoisotopic (exact) mass is 486 g/mol. The van der Waals surface area contributed by atoms with Crippen LogP contribution in [-0.4, -0.2) is 23.5 Å². The third kappa shape index (κ3) is 3.41. The van der Waals surface area contributed by atoms with Gasteiger partial charge in [-0.15, -0.1) is 0 Å². The molecule has 3 aliphatic carbocycles. The number of amides is 1. The molecule has 1 N–H and O–H groups in total. The van der Waals surface area contributed by atoms with E-state index < -0.39 is 34.0 Å². The van der Waals surface area contributed by atoms with E-state index >= 15 is 0 Å². The van der Waals surface area contributed by atoms with Crippen LogP contribution >= 0.6 is 11.3 Å². The minimum absolute atomic E-state index is 0.00488. The van der Waals surface area contributed by atoms with Gasteiger partial charge in [-0.1, -0.05) is 59.9 Å². The van der Waals surface area contributed by atoms with Crippen molar-refractivity contribution in [1.29, 1.82) is 0 Å². The van der Waals surface area contributed by atoms with Crippen LogP contribution in [-0.2, 0) is 15.7 Å². The number of rotatable bonds is 4. The van der Waals surface area contributed by atoms with E-state index in [9.17, 15) is 22.8 Å². The van der Waals surface area contributed by atoms with Crippen LogP contribution in [0.1, 0.15) is 69.7 Å². The highest BCUT2D eigenvalue weighted by molar-refractivity contribution is 7.17. The van der Waals surface area contributed by atoms with E-state index in [4.69, 9.17) is 4.74 Å². The molecule has 0 saturated heterocycles. The summed E-state index contributed by atoms with van der Waals surface area (Å²) in [7, 11) is 0. The zero-order valence-corrected chi connectivity index (χ0v) is 19.2. The Bertz CT molecular complexity index is 1260. The summed E-state index contributed by atoms with van der Waals surface area (Å²) in [6, 6.07) is 16.0. The van der Waals surface area contributed by atoms with Crippen molar-refractivity contribution in [3.63, 3.8) is 0 Å². The topological polar surface area (TPSA) is 68.3 Å². The highest BCUT2D eigenvalue weighted by Crippen LogP contribution is 2.61. The average Bonchev–Trinajstić information content (AvgIpc) is 3.24. The number of halogens is 3. The van der Waals surface area contributed by atoms with Gasteiger partial charge < -0.3 is 10.1 Å². The summed E-state index contributed by atoms with van der Waals surface area (Å²) in [5.41, 5.74) is 2.19. The molecule has 9 heteroatoms. The number of fused-ring (bicyclic) bond motifs is 1. The zero-order valence-electron chi connectivity index (χ0n) is 18.4. The van der Waals surface area contributed by atoms with Gasteiger partial charge in [0.15, 0.2) is 10.8 Å². The van der Waals surface area contributed by atoms with E-state index in [2.05, 4.69) is 22.4 Å². The molecule has 1 aromatic heterocycles. The fourth-order valence-corrected chi connectivity index (χ4v) is 6.20. The Morgan fingerprint density at radius 2 is 1.65 bits per heavy atom. The molecule has 3 aromatic rings. The maximum Gasteiger partial charge on any atom is 0.435 e. The van der Waals surface area contributed by atoms with E-state index in [1.54, 1.807) is 0 Å². The fraction of sp³-hybridized carbons (Fsp3) is 0.320. The molecule has 5 nitrogen and oxygen atoms in total. The van der Waals surface area contributed by atoms with Gasteiger partial charge >= 0.3 is 12.1 Å². The van der Waals surface area contributed by atoms with Gasteiger partial charge in [0.25, 0.3) is 0 Å². The molecule has 0 saturated carbocycles. The van der Waals surface area contributed by atoms with E-state index in [-0.39, 0.29) is 23.6 Å². The number of thiazole rings is 1. The zero-order chi connectivity index (χ0) is 24.3. The molecule has 6 rings (SSSR count). The number of hydrogen-bond acceptors (Lipinski definition) is 5. The molecule has 0 fully saturated rings. The summed E-state index contributed by atoms with van der Waals surface area (Å²) >= 11 is 0.479. The molecule has 1 heterocycles. The Hall–Kier alpha value is -3.20. The van der Waals surface area contributed by atoms with Crippen LogP contribution in [0.15, 0.2) is 48.5 Å². The van der Waals surface area contributed by atoms with Crippen LogP contribution in [0, 0.1) is 5.41 Å². The summed E-state index contributed by atoms with van der Waals surface area (Å²) in [4.78, 5) is 28.6. The molecule has 34 heavy (non-hydrogen) atoms. The standard InChI is InChI=1S/C25H21F3N2O3S/c1-3-33-21(31)19-20(25(26,27)28)29-23(34-19)30-22(32)24(2)12-17-13-8-4-6-10-15(13)18(24)16-11-7-5-9-14(16)17/h4-11,17-18H,3,12H2,1-2H3,(H,29,30,32). The number of alkyl halides is 3. The number of nitrogens with zero attached hydrogens (tertiary/aromatic N) is 1. The average molecular weight is 487 g/mol. The van der Waals surface area contributed by atoms with Crippen molar-refractivity contribution in [3.8, 4) is 0 Å². The predicted molar refractivity (Wildman–Crippen MR) is 121 cm³/mol. The number of esters is 1. The smallest absolute Gasteiger partial charge is 0.435 e. The second kappa shape index (κ2) is 7.94. The molecular weight excluding hydrogens is 465 g/mol. The number of aromatic nitrogens is 1. The van der Waals surface area contributed by atoms with Crippen LogP contribution in [0.25, 0.3) is 0 Å². The van der Waals surface area contributed by atoms with Crippen LogP contribution < -0.4 is 5.32 Å². The van der Waals surface area contributed by atoms with E-state index in [0.29, 0.717) is 17.8 Å². The van der Waals surface area contributed by atoms with Crippen molar-refractivity contribution >= 4 is 28.3 Å². The molecule has 176 valence electrons. The predicted octanol–water partition coefficient (Wildman–Crippen LogP) is 5.96. The second-order valence-corrected chi connectivity index (χ2v) is 9.73. The number of anilines is 1. The second-order valence-electron chi connectivity index (χ2n) is 8.73. The van der Waals surface area contributed by atoms with Crippen molar-refractivity contribution in [1.82, 2.24) is 4.98 Å². The van der Waals surface area contributed by atoms with Gasteiger partial charge in [-0.2, -0.15) is 13.2 Å². The Morgan fingerprint density at radius 1 is 1.09 bits per heavy atom. The Morgan fingerprint density at radius 3 is 2.18 bits per heavy atom. The molecule has 1 atom stereocenters. The van der Waals surface area contributed by atoms with Crippen LogP contribution in [0.4, 0.5) is 18.3 Å². The van der Waals surface area contributed by atoms with Gasteiger partial charge in [-0.3, -0.25) is 4.79 Å². The first-order valence-corrected chi connectivity index (χ1v) is 11.7. The number of ether oxygens (including phenoxy) is 1. The van der Waals surface area contributed by atoms with E-state index in [1.807, 2.05) is 43.3 Å². The van der Waals surface area contributed by atoms with Gasteiger partial charge in [0.05, 0.1) is 12.0 Å². The van der Waals surface area contributed by atoms with Crippen LogP contribution in [0.5, 0.6) is 0 Å². The first kappa shape index (κ1) is 22.6. The fourth-order valence-electron chi connectivity index (χ4n) is 5.33. The van der Waals surface area contributed by atoms with Crippen molar-refractivity contribution in [2.24, 2.45) is 5.41 Å². The molecule has 1 amide bonds. The summed E-state index contributed by atoms with van der Waals surface area (Å²) in [5.74, 6) is -1.79. The maximum absolute atomic E-state index is 13.6. The highest BCUT2D eigenvalue weighted by Gasteiger charge is 2.54. The van der Waals surface area contributed by atoms with Crippen LogP contribution in [0.2, 0.25) is 0 Å². The normalized spacial score (nSPS) is 22.6. The third-order valence-corrected chi connectivity index (χ3v) is 7.68. The minimum atomic E-state index is -4.85. The molecule has 3 aliphatic rings. The number of hydrogen-bond donors (Lipinski definition) is 1. The lowest BCUT2D eigenvalue weighted by molar-refractivity contribution is -0.141. The lowest BCUT2D eigenvalue weighted by Gasteiger charge is -2.50. The molecule has 0 spiro atoms. The van der Waals surface area contributed by atoms with Gasteiger partial charge in [0.2, 0.25) is 5.91 Å². The molecular formula is C25H21F3N2O3S. The third-order valence-electron chi connectivity index (χ3n) is 6.73. The number of nitrogens with one attached hydrogen (secondary N) is 1. The summed E-state index contributed by atoms with van der Waals surface area (Å²) in [6.45, 7) is 3.27. The van der Waals surface area contributed by atoms with Crippen molar-refractivity contribution in [3.05, 3.63) is 81.4 Å². The minimum Gasteiger partial charge on any atom is -0.462 e. The molecule has 2 bridgehead atoms. The van der Waals surface area contributed by atoms with Gasteiger partial charge in [0, 0.05) is 11.8 Å². The SMILES string of the molecule is CCOC(=O)c1sc(NC(=O)C2(C)CC3c4ccccc4C2c2ccccc23)nc1C(F)(F)F. The lowest BCUT2D eigenvalue weighted by atomic mass is 9.52. The molecule has 0 radical (unpaired) electrons. The number of carbonyl (C=O) groups is 2. The number of benzene rings is 2. The van der Waals surface area contributed by atoms with Crippen molar-refractivity contribution in [2.75, 3.05) is 11.9 Å². The maximum atomic E-state index is 13.6. The summed E-state index contributed by atoms with van der Waals surface area (Å²) in [6.07, 6.45) is -4.34. The first-order valence-electron chi connectivity index (χ1n) is 10.9. The Balaban J connectivity index is 1.53. The van der Waals surface area contributed by atoms with Gasteiger partial charge in [-0.25, -0.2) is 9.78 Å². The van der Waals surface area contributed by atoms with Crippen molar-refractivity contribution < 1.29 is 27.5 Å². The van der Waals surface area contributed by atoms with E-state index in [0.717, 1.165) is 11.1 Å². The number of carbonyl (C=O) groups excluding carboxylic acids is 2. The first-order chi connectivity index (χ1) is 16.1. The quantitative estimate of drug-likeness (QED) is 0.462.